The van der Waals surface area contributed by atoms with E-state index in [4.69, 9.17) is 5.11 Å². The minimum Gasteiger partial charge on any atom is -0.395 e. The lowest BCUT2D eigenvalue weighted by molar-refractivity contribution is 0.214. The van der Waals surface area contributed by atoms with Crippen LogP contribution in [0.25, 0.3) is 0 Å². The van der Waals surface area contributed by atoms with Crippen molar-refractivity contribution in [2.45, 2.75) is 18.8 Å². The van der Waals surface area contributed by atoms with Crippen LogP contribution in [-0.4, -0.2) is 36.8 Å². The topological polar surface area (TPSA) is 23.5 Å². The molecule has 1 aromatic rings. The van der Waals surface area contributed by atoms with Gasteiger partial charge in [-0.2, -0.15) is 0 Å². The quantitative estimate of drug-likeness (QED) is 0.807. The molecule has 2 heteroatoms. The van der Waals surface area contributed by atoms with Gasteiger partial charge in [0.1, 0.15) is 0 Å². The predicted molar refractivity (Wildman–Crippen MR) is 62.1 cm³/mol. The molecule has 0 radical (unpaired) electrons. The molecule has 1 aromatic carbocycles. The molecule has 0 bridgehead atoms. The van der Waals surface area contributed by atoms with Gasteiger partial charge in [0.25, 0.3) is 0 Å². The van der Waals surface area contributed by atoms with Crippen LogP contribution in [-0.2, 0) is 6.42 Å². The van der Waals surface area contributed by atoms with Crippen LogP contribution in [0.5, 0.6) is 0 Å². The van der Waals surface area contributed by atoms with Crippen molar-refractivity contribution >= 4 is 0 Å². The van der Waals surface area contributed by atoms with Gasteiger partial charge in [-0.05, 0) is 36.9 Å². The van der Waals surface area contributed by atoms with Crippen LogP contribution in [0.2, 0.25) is 0 Å². The first-order valence-corrected chi connectivity index (χ1v) is 5.68. The van der Waals surface area contributed by atoms with E-state index in [9.17, 15) is 0 Å². The summed E-state index contributed by atoms with van der Waals surface area (Å²) in [7, 11) is 2.08. The molecule has 0 heterocycles. The predicted octanol–water partition coefficient (Wildman–Crippen LogP) is 1.64. The number of benzene rings is 1. The van der Waals surface area contributed by atoms with Crippen LogP contribution in [0, 0.1) is 0 Å². The Balaban J connectivity index is 2.01. The number of aryl methyl sites for hydroxylation is 1. The van der Waals surface area contributed by atoms with Crippen molar-refractivity contribution in [3.05, 3.63) is 35.4 Å². The van der Waals surface area contributed by atoms with E-state index in [0.717, 1.165) is 13.1 Å². The molecule has 0 aromatic heterocycles. The molecule has 0 spiro atoms. The number of rotatable bonds is 4. The van der Waals surface area contributed by atoms with E-state index in [1.807, 2.05) is 0 Å². The second-order valence-electron chi connectivity index (χ2n) is 4.42. The molecule has 0 saturated carbocycles. The van der Waals surface area contributed by atoms with Crippen LogP contribution in [0.4, 0.5) is 0 Å². The maximum atomic E-state index is 8.86. The molecule has 1 aliphatic carbocycles. The van der Waals surface area contributed by atoms with Gasteiger partial charge in [-0.1, -0.05) is 24.3 Å². The Labute approximate surface area is 91.5 Å². The second-order valence-corrected chi connectivity index (χ2v) is 4.42. The first-order valence-electron chi connectivity index (χ1n) is 5.68. The molecule has 2 nitrogen and oxygen atoms in total. The molecule has 0 unspecified atom stereocenters. The standard InChI is InChI=1S/C13H19NO/c1-14(8-9-15)10-12-7-6-11-4-2-3-5-13(11)12/h2-5,12,15H,6-10H2,1H3/t12-/m1/s1. The minimum atomic E-state index is 0.255. The van der Waals surface area contributed by atoms with E-state index < -0.39 is 0 Å². The van der Waals surface area contributed by atoms with Crippen LogP contribution in [0.1, 0.15) is 23.5 Å². The Morgan fingerprint density at radius 2 is 2.20 bits per heavy atom. The molecule has 0 saturated heterocycles. The summed E-state index contributed by atoms with van der Waals surface area (Å²) in [6.45, 7) is 2.10. The smallest absolute Gasteiger partial charge is 0.0558 e. The van der Waals surface area contributed by atoms with E-state index in [0.29, 0.717) is 5.92 Å². The fourth-order valence-corrected chi connectivity index (χ4v) is 2.47. The Morgan fingerprint density at radius 3 is 3.00 bits per heavy atom. The Hall–Kier alpha value is -0.860. The van der Waals surface area contributed by atoms with Crippen LogP contribution in [0.15, 0.2) is 24.3 Å². The van der Waals surface area contributed by atoms with Gasteiger partial charge >= 0.3 is 0 Å². The zero-order valence-corrected chi connectivity index (χ0v) is 9.32. The van der Waals surface area contributed by atoms with Crippen molar-refractivity contribution in [3.63, 3.8) is 0 Å². The zero-order valence-electron chi connectivity index (χ0n) is 9.32. The van der Waals surface area contributed by atoms with Gasteiger partial charge in [0, 0.05) is 13.1 Å². The lowest BCUT2D eigenvalue weighted by atomic mass is 10.0. The van der Waals surface area contributed by atoms with Crippen molar-refractivity contribution in [2.75, 3.05) is 26.7 Å². The largest absolute Gasteiger partial charge is 0.395 e. The number of likely N-dealkylation sites (N-methyl/N-ethyl adjacent to an activating group) is 1. The fraction of sp³-hybridized carbons (Fsp3) is 0.538. The maximum Gasteiger partial charge on any atom is 0.0558 e. The SMILES string of the molecule is CN(CCO)C[C@H]1CCc2ccccc21. The summed E-state index contributed by atoms with van der Waals surface area (Å²) in [6, 6.07) is 8.74. The van der Waals surface area contributed by atoms with Gasteiger partial charge in [-0.25, -0.2) is 0 Å². The molecule has 1 atom stereocenters. The highest BCUT2D eigenvalue weighted by Crippen LogP contribution is 2.32. The van der Waals surface area contributed by atoms with E-state index >= 15 is 0 Å². The lowest BCUT2D eigenvalue weighted by Gasteiger charge is -2.20. The van der Waals surface area contributed by atoms with Crippen molar-refractivity contribution in [3.8, 4) is 0 Å². The molecular formula is C13H19NO. The summed E-state index contributed by atoms with van der Waals surface area (Å²) in [6.07, 6.45) is 2.48. The third-order valence-electron chi connectivity index (χ3n) is 3.27. The van der Waals surface area contributed by atoms with E-state index in [1.165, 1.54) is 24.0 Å². The summed E-state index contributed by atoms with van der Waals surface area (Å²) >= 11 is 0. The summed E-state index contributed by atoms with van der Waals surface area (Å²) in [5, 5.41) is 8.86. The van der Waals surface area contributed by atoms with Crippen molar-refractivity contribution < 1.29 is 5.11 Å². The summed E-state index contributed by atoms with van der Waals surface area (Å²) in [5.74, 6) is 0.665. The average Bonchev–Trinajstić information content (AvgIpc) is 2.62. The van der Waals surface area contributed by atoms with Crippen molar-refractivity contribution in [1.82, 2.24) is 4.90 Å². The molecule has 15 heavy (non-hydrogen) atoms. The summed E-state index contributed by atoms with van der Waals surface area (Å²) in [5.41, 5.74) is 3.03. The molecule has 0 fully saturated rings. The monoisotopic (exact) mass is 205 g/mol. The van der Waals surface area contributed by atoms with Crippen LogP contribution in [0.3, 0.4) is 0 Å². The Bertz CT molecular complexity index is 324. The van der Waals surface area contributed by atoms with Gasteiger partial charge in [0.05, 0.1) is 6.61 Å². The average molecular weight is 205 g/mol. The Kier molecular flexibility index (Phi) is 3.39. The number of hydrogen-bond acceptors (Lipinski definition) is 2. The fourth-order valence-electron chi connectivity index (χ4n) is 2.47. The number of nitrogens with zero attached hydrogens (tertiary/aromatic N) is 1. The summed E-state index contributed by atoms with van der Waals surface area (Å²) < 4.78 is 0. The number of fused-ring (bicyclic) bond motifs is 1. The van der Waals surface area contributed by atoms with Crippen molar-refractivity contribution in [1.29, 1.82) is 0 Å². The molecule has 0 amide bonds. The van der Waals surface area contributed by atoms with E-state index in [2.05, 4.69) is 36.2 Å². The maximum absolute atomic E-state index is 8.86. The molecular weight excluding hydrogens is 186 g/mol. The van der Waals surface area contributed by atoms with E-state index in [1.54, 1.807) is 0 Å². The first-order chi connectivity index (χ1) is 7.31. The molecule has 1 N–H and O–H groups in total. The number of aliphatic hydroxyl groups is 1. The number of aliphatic hydroxyl groups excluding tert-OH is 1. The molecule has 0 aliphatic heterocycles. The van der Waals surface area contributed by atoms with E-state index in [-0.39, 0.29) is 6.61 Å². The van der Waals surface area contributed by atoms with Gasteiger partial charge in [0.15, 0.2) is 0 Å². The van der Waals surface area contributed by atoms with Gasteiger partial charge in [-0.15, -0.1) is 0 Å². The normalized spacial score (nSPS) is 19.5. The molecule has 2 rings (SSSR count). The number of hydrogen-bond donors (Lipinski definition) is 1. The van der Waals surface area contributed by atoms with Crippen molar-refractivity contribution in [2.24, 2.45) is 0 Å². The molecule has 82 valence electrons. The first kappa shape index (κ1) is 10.7. The minimum absolute atomic E-state index is 0.255. The van der Waals surface area contributed by atoms with Gasteiger partial charge in [0.2, 0.25) is 0 Å². The third kappa shape index (κ3) is 2.39. The highest BCUT2D eigenvalue weighted by Gasteiger charge is 2.22. The Morgan fingerprint density at radius 1 is 1.40 bits per heavy atom. The van der Waals surface area contributed by atoms with Gasteiger partial charge < -0.3 is 10.0 Å². The second kappa shape index (κ2) is 4.77. The highest BCUT2D eigenvalue weighted by molar-refractivity contribution is 5.34. The lowest BCUT2D eigenvalue weighted by Crippen LogP contribution is -2.26. The summed E-state index contributed by atoms with van der Waals surface area (Å²) in [4.78, 5) is 2.22. The van der Waals surface area contributed by atoms with Crippen LogP contribution >= 0.6 is 0 Å². The molecule has 1 aliphatic rings. The van der Waals surface area contributed by atoms with Crippen LogP contribution < -0.4 is 0 Å². The zero-order chi connectivity index (χ0) is 10.7. The third-order valence-corrected chi connectivity index (χ3v) is 3.27. The van der Waals surface area contributed by atoms with Gasteiger partial charge in [-0.3, -0.25) is 0 Å². The highest BCUT2D eigenvalue weighted by atomic mass is 16.3.